The van der Waals surface area contributed by atoms with Crippen LogP contribution in [0.5, 0.6) is 0 Å². The van der Waals surface area contributed by atoms with Crippen molar-refractivity contribution in [2.45, 2.75) is 38.3 Å². The molecule has 2 aromatic carbocycles. The normalized spacial score (nSPS) is 20.9. The number of ether oxygens (including phenoxy) is 2. The molecule has 0 saturated carbocycles. The number of hydrogen-bond acceptors (Lipinski definition) is 7. The number of thioether (sulfide) groups is 1. The zero-order chi connectivity index (χ0) is 25.8. The van der Waals surface area contributed by atoms with Gasteiger partial charge < -0.3 is 19.7 Å². The van der Waals surface area contributed by atoms with Crippen LogP contribution in [-0.2, 0) is 19.1 Å². The predicted octanol–water partition coefficient (Wildman–Crippen LogP) is 5.30. The lowest BCUT2D eigenvalue weighted by Crippen LogP contribution is -2.38. The first-order valence-electron chi connectivity index (χ1n) is 12.4. The van der Waals surface area contributed by atoms with Crippen LogP contribution in [-0.4, -0.2) is 47.8 Å². The van der Waals surface area contributed by atoms with Crippen molar-refractivity contribution in [2.75, 3.05) is 19.8 Å². The van der Waals surface area contributed by atoms with Crippen molar-refractivity contribution >= 4 is 46.1 Å². The highest BCUT2D eigenvalue weighted by Crippen LogP contribution is 2.47. The molecule has 3 aliphatic heterocycles. The monoisotopic (exact) mass is 537 g/mol. The van der Waals surface area contributed by atoms with Crippen molar-refractivity contribution in [3.63, 3.8) is 0 Å². The smallest absolute Gasteiger partial charge is 0.338 e. The lowest BCUT2D eigenvalue weighted by atomic mass is 9.91. The fourth-order valence-electron chi connectivity index (χ4n) is 4.71. The summed E-state index contributed by atoms with van der Waals surface area (Å²) in [6, 6.07) is 16.5. The largest absolute Gasteiger partial charge is 0.463 e. The number of carbonyl (C=O) groups excluding carboxylic acids is 2. The molecule has 2 aromatic rings. The number of hydrogen-bond donors (Lipinski definition) is 1. The maximum atomic E-state index is 13.5. The summed E-state index contributed by atoms with van der Waals surface area (Å²) >= 11 is 7.65. The van der Waals surface area contributed by atoms with Gasteiger partial charge in [-0.2, -0.15) is 0 Å². The van der Waals surface area contributed by atoms with Crippen molar-refractivity contribution in [1.82, 2.24) is 10.2 Å². The highest BCUT2D eigenvalue weighted by atomic mass is 35.5. The maximum Gasteiger partial charge on any atom is 0.338 e. The molecule has 7 nitrogen and oxygen atoms in total. The second-order valence-electron chi connectivity index (χ2n) is 8.91. The molecule has 3 aliphatic rings. The maximum absolute atomic E-state index is 13.5. The van der Waals surface area contributed by atoms with Gasteiger partial charge in [0.25, 0.3) is 0 Å². The van der Waals surface area contributed by atoms with Gasteiger partial charge in [0.15, 0.2) is 5.17 Å². The van der Waals surface area contributed by atoms with Crippen LogP contribution in [0.1, 0.15) is 43.4 Å². The van der Waals surface area contributed by atoms with E-state index in [4.69, 9.17) is 26.1 Å². The number of halogens is 1. The number of fused-ring (bicyclic) bond motifs is 1. The third kappa shape index (κ3) is 5.61. The number of benzene rings is 2. The summed E-state index contributed by atoms with van der Waals surface area (Å²) in [4.78, 5) is 33.3. The van der Waals surface area contributed by atoms with Crippen LogP contribution in [0.4, 0.5) is 0 Å². The molecular weight excluding hydrogens is 510 g/mol. The Morgan fingerprint density at radius 1 is 1.19 bits per heavy atom. The summed E-state index contributed by atoms with van der Waals surface area (Å²) < 4.78 is 11.2. The van der Waals surface area contributed by atoms with Crippen molar-refractivity contribution in [3.8, 4) is 0 Å². The van der Waals surface area contributed by atoms with Gasteiger partial charge in [0, 0.05) is 29.4 Å². The molecule has 1 amide bonds. The van der Waals surface area contributed by atoms with Crippen molar-refractivity contribution in [2.24, 2.45) is 4.99 Å². The van der Waals surface area contributed by atoms with Crippen LogP contribution in [0.2, 0.25) is 5.02 Å². The van der Waals surface area contributed by atoms with E-state index in [2.05, 4.69) is 5.32 Å². The van der Waals surface area contributed by atoms with E-state index in [1.165, 1.54) is 11.8 Å². The molecule has 0 unspecified atom stereocenters. The van der Waals surface area contributed by atoms with Gasteiger partial charge in [-0.1, -0.05) is 65.8 Å². The Bertz CT molecular complexity index is 1250. The molecule has 0 aromatic heterocycles. The topological polar surface area (TPSA) is 80.2 Å². The van der Waals surface area contributed by atoms with Crippen LogP contribution in [0, 0.1) is 0 Å². The van der Waals surface area contributed by atoms with Crippen molar-refractivity contribution in [1.29, 1.82) is 0 Å². The molecule has 3 heterocycles. The van der Waals surface area contributed by atoms with Gasteiger partial charge in [-0.15, -0.1) is 0 Å². The molecule has 9 heteroatoms. The fourth-order valence-corrected chi connectivity index (χ4v) is 5.75. The minimum absolute atomic E-state index is 0.0663. The molecule has 192 valence electrons. The number of aliphatic imine (C=N–C) groups is 1. The number of nitrogens with zero attached hydrogens (tertiary/aromatic N) is 2. The Balaban J connectivity index is 1.52. The van der Waals surface area contributed by atoms with Gasteiger partial charge in [-0.25, -0.2) is 9.79 Å². The SMILES string of the molecule is CCOC(=O)C1=C(c2ccccc2)N=C2SC=C(CC(=O)NC[C@H]3CCCO3)N2[C@@H]1c1ccc(Cl)cc1. The molecule has 0 radical (unpaired) electrons. The first-order chi connectivity index (χ1) is 18.0. The third-order valence-electron chi connectivity index (χ3n) is 6.43. The molecule has 1 N–H and O–H groups in total. The highest BCUT2D eigenvalue weighted by molar-refractivity contribution is 8.16. The van der Waals surface area contributed by atoms with Crippen molar-refractivity contribution in [3.05, 3.63) is 87.4 Å². The average molecular weight is 538 g/mol. The summed E-state index contributed by atoms with van der Waals surface area (Å²) in [5, 5.41) is 6.23. The standard InChI is InChI=1S/C28H28ClN3O4S/c1-2-35-27(34)24-25(18-7-4-3-5-8-18)31-28-32(26(24)19-10-12-20(29)13-11-19)21(17-37-28)15-23(33)30-16-22-9-6-14-36-22/h3-5,7-8,10-13,17,22,26H,2,6,9,14-16H2,1H3,(H,30,33)/t22-,26-/m1/s1. The van der Waals surface area contributed by atoms with E-state index in [0.717, 1.165) is 36.3 Å². The van der Waals surface area contributed by atoms with E-state index in [1.54, 1.807) is 19.1 Å². The van der Waals surface area contributed by atoms with Crippen LogP contribution in [0.3, 0.4) is 0 Å². The van der Waals surface area contributed by atoms with E-state index in [0.29, 0.717) is 28.0 Å². The van der Waals surface area contributed by atoms with Crippen LogP contribution in [0.25, 0.3) is 5.70 Å². The number of nitrogens with one attached hydrogen (secondary N) is 1. The van der Waals surface area contributed by atoms with Gasteiger partial charge in [-0.05, 0) is 42.9 Å². The molecule has 0 aliphatic carbocycles. The molecule has 0 bridgehead atoms. The Labute approximate surface area is 225 Å². The Morgan fingerprint density at radius 2 is 1.97 bits per heavy atom. The molecule has 0 spiro atoms. The first kappa shape index (κ1) is 25.6. The molecule has 1 fully saturated rings. The Kier molecular flexibility index (Phi) is 7.98. The van der Waals surface area contributed by atoms with E-state index < -0.39 is 12.0 Å². The quantitative estimate of drug-likeness (QED) is 0.460. The number of amidine groups is 1. The van der Waals surface area contributed by atoms with Crippen LogP contribution < -0.4 is 5.32 Å². The molecule has 37 heavy (non-hydrogen) atoms. The van der Waals surface area contributed by atoms with Crippen LogP contribution in [0.15, 0.2) is 76.3 Å². The lowest BCUT2D eigenvalue weighted by Gasteiger charge is -2.36. The first-order valence-corrected chi connectivity index (χ1v) is 13.6. The van der Waals surface area contributed by atoms with Crippen molar-refractivity contribution < 1.29 is 19.1 Å². The van der Waals surface area contributed by atoms with E-state index in [1.807, 2.05) is 52.8 Å². The number of esters is 1. The lowest BCUT2D eigenvalue weighted by molar-refractivity contribution is -0.139. The summed E-state index contributed by atoms with van der Waals surface area (Å²) in [6.45, 7) is 3.25. The summed E-state index contributed by atoms with van der Waals surface area (Å²) in [5.41, 5.74) is 3.42. The van der Waals surface area contributed by atoms with Gasteiger partial charge in [0.2, 0.25) is 5.91 Å². The highest BCUT2D eigenvalue weighted by Gasteiger charge is 2.42. The summed E-state index contributed by atoms with van der Waals surface area (Å²) in [5.74, 6) is -0.544. The predicted molar refractivity (Wildman–Crippen MR) is 146 cm³/mol. The summed E-state index contributed by atoms with van der Waals surface area (Å²) in [7, 11) is 0. The van der Waals surface area contributed by atoms with Crippen LogP contribution >= 0.6 is 23.4 Å². The molecule has 5 rings (SSSR count). The number of rotatable bonds is 8. The second-order valence-corrected chi connectivity index (χ2v) is 10.2. The Hall–Kier alpha value is -3.07. The second kappa shape index (κ2) is 11.5. The molecule has 1 saturated heterocycles. The average Bonchev–Trinajstić information content (AvgIpc) is 3.58. The molecular formula is C28H28ClN3O4S. The van der Waals surface area contributed by atoms with E-state index in [9.17, 15) is 9.59 Å². The molecule has 2 atom stereocenters. The number of carbonyl (C=O) groups is 2. The van der Waals surface area contributed by atoms with Gasteiger partial charge >= 0.3 is 5.97 Å². The van der Waals surface area contributed by atoms with Gasteiger partial charge in [0.1, 0.15) is 0 Å². The minimum Gasteiger partial charge on any atom is -0.463 e. The Morgan fingerprint density at radius 3 is 2.68 bits per heavy atom. The van der Waals surface area contributed by atoms with E-state index in [-0.39, 0.29) is 25.0 Å². The fraction of sp³-hybridized carbons (Fsp3) is 0.321. The van der Waals surface area contributed by atoms with Gasteiger partial charge in [0.05, 0.1) is 36.4 Å². The summed E-state index contributed by atoms with van der Waals surface area (Å²) in [6.07, 6.45) is 2.19. The zero-order valence-electron chi connectivity index (χ0n) is 20.5. The zero-order valence-corrected chi connectivity index (χ0v) is 22.1. The van der Waals surface area contributed by atoms with Gasteiger partial charge in [-0.3, -0.25) is 4.79 Å². The number of amides is 1. The third-order valence-corrected chi connectivity index (χ3v) is 7.57. The minimum atomic E-state index is -0.536. The van der Waals surface area contributed by atoms with E-state index >= 15 is 0 Å².